The van der Waals surface area contributed by atoms with Gasteiger partial charge in [-0.05, 0) is 56.0 Å². The predicted molar refractivity (Wildman–Crippen MR) is 94.0 cm³/mol. The standard InChI is InChI=1S/C17H20ClN3OS/c18-11-1-2-14-13(9-11)21-15(23-14)3-6-20-16(22)12-10-17(12)4-7-19-8-5-17/h1-2,9,12,19H,3-8,10H2,(H,20,22). The molecule has 1 unspecified atom stereocenters. The quantitative estimate of drug-likeness (QED) is 0.892. The number of piperidine rings is 1. The SMILES string of the molecule is O=C(NCCc1nc2cc(Cl)ccc2s1)C1CC12CCNCC2. The summed E-state index contributed by atoms with van der Waals surface area (Å²) in [7, 11) is 0. The number of carbonyl (C=O) groups is 1. The van der Waals surface area contributed by atoms with Crippen molar-refractivity contribution in [2.24, 2.45) is 11.3 Å². The predicted octanol–water partition coefficient (Wildman–Crippen LogP) is 3.00. The minimum atomic E-state index is 0.232. The highest BCUT2D eigenvalue weighted by molar-refractivity contribution is 7.18. The fraction of sp³-hybridized carbons (Fsp3) is 0.529. The minimum absolute atomic E-state index is 0.232. The molecular weight excluding hydrogens is 330 g/mol. The molecule has 1 aliphatic heterocycles. The Balaban J connectivity index is 1.30. The molecule has 1 aliphatic carbocycles. The summed E-state index contributed by atoms with van der Waals surface area (Å²) in [6.45, 7) is 2.77. The third-order valence-corrected chi connectivity index (χ3v) is 6.47. The molecule has 1 spiro atoms. The van der Waals surface area contributed by atoms with E-state index in [1.54, 1.807) is 11.3 Å². The van der Waals surface area contributed by atoms with E-state index in [0.29, 0.717) is 17.0 Å². The monoisotopic (exact) mass is 349 g/mol. The average Bonchev–Trinajstić information content (AvgIpc) is 3.07. The molecule has 0 bridgehead atoms. The highest BCUT2D eigenvalue weighted by atomic mass is 35.5. The third kappa shape index (κ3) is 3.10. The van der Waals surface area contributed by atoms with E-state index in [2.05, 4.69) is 15.6 Å². The summed E-state index contributed by atoms with van der Waals surface area (Å²) < 4.78 is 1.14. The van der Waals surface area contributed by atoms with Gasteiger partial charge in [0.2, 0.25) is 5.91 Å². The van der Waals surface area contributed by atoms with Crippen molar-refractivity contribution in [1.82, 2.24) is 15.6 Å². The number of amides is 1. The van der Waals surface area contributed by atoms with Crippen molar-refractivity contribution < 1.29 is 4.79 Å². The summed E-state index contributed by atoms with van der Waals surface area (Å²) in [4.78, 5) is 16.9. The molecule has 2 fully saturated rings. The zero-order valence-corrected chi connectivity index (χ0v) is 14.5. The molecule has 4 nitrogen and oxygen atoms in total. The molecule has 2 N–H and O–H groups in total. The van der Waals surface area contributed by atoms with E-state index in [-0.39, 0.29) is 11.8 Å². The van der Waals surface area contributed by atoms with Crippen LogP contribution in [0.4, 0.5) is 0 Å². The van der Waals surface area contributed by atoms with Crippen LogP contribution in [-0.2, 0) is 11.2 Å². The van der Waals surface area contributed by atoms with Crippen LogP contribution in [0.2, 0.25) is 5.02 Å². The van der Waals surface area contributed by atoms with Crippen molar-refractivity contribution in [2.45, 2.75) is 25.7 Å². The van der Waals surface area contributed by atoms with E-state index < -0.39 is 0 Å². The van der Waals surface area contributed by atoms with Crippen molar-refractivity contribution in [1.29, 1.82) is 0 Å². The number of aromatic nitrogens is 1. The third-order valence-electron chi connectivity index (χ3n) is 5.14. The van der Waals surface area contributed by atoms with Gasteiger partial charge in [0.15, 0.2) is 0 Å². The lowest BCUT2D eigenvalue weighted by atomic mass is 9.92. The lowest BCUT2D eigenvalue weighted by molar-refractivity contribution is -0.123. The number of rotatable bonds is 4. The van der Waals surface area contributed by atoms with Crippen molar-refractivity contribution in [3.8, 4) is 0 Å². The second kappa shape index (κ2) is 6.04. The molecule has 2 aromatic rings. The minimum Gasteiger partial charge on any atom is -0.355 e. The number of carbonyl (C=O) groups excluding carboxylic acids is 1. The van der Waals surface area contributed by atoms with Crippen LogP contribution in [0.3, 0.4) is 0 Å². The van der Waals surface area contributed by atoms with Gasteiger partial charge in [0.1, 0.15) is 0 Å². The number of hydrogen-bond acceptors (Lipinski definition) is 4. The van der Waals surface area contributed by atoms with E-state index in [1.807, 2.05) is 18.2 Å². The Morgan fingerprint density at radius 2 is 2.26 bits per heavy atom. The van der Waals surface area contributed by atoms with Gasteiger partial charge in [0, 0.05) is 23.9 Å². The summed E-state index contributed by atoms with van der Waals surface area (Å²) in [5.74, 6) is 0.467. The van der Waals surface area contributed by atoms with Gasteiger partial charge in [-0.25, -0.2) is 4.98 Å². The van der Waals surface area contributed by atoms with Crippen LogP contribution in [0.1, 0.15) is 24.3 Å². The summed E-state index contributed by atoms with van der Waals surface area (Å²) in [5, 5.41) is 8.24. The van der Waals surface area contributed by atoms with Crippen LogP contribution in [0.5, 0.6) is 0 Å². The van der Waals surface area contributed by atoms with E-state index in [4.69, 9.17) is 11.6 Å². The molecule has 23 heavy (non-hydrogen) atoms. The van der Waals surface area contributed by atoms with Crippen molar-refractivity contribution in [2.75, 3.05) is 19.6 Å². The topological polar surface area (TPSA) is 54.0 Å². The normalized spacial score (nSPS) is 22.4. The molecular formula is C17H20ClN3OS. The molecule has 1 atom stereocenters. The Morgan fingerprint density at radius 3 is 3.09 bits per heavy atom. The fourth-order valence-electron chi connectivity index (χ4n) is 3.67. The molecule has 1 aromatic carbocycles. The van der Waals surface area contributed by atoms with Crippen LogP contribution in [-0.4, -0.2) is 30.5 Å². The first-order valence-corrected chi connectivity index (χ1v) is 9.39. The van der Waals surface area contributed by atoms with Crippen LogP contribution in [0.15, 0.2) is 18.2 Å². The first kappa shape index (κ1) is 15.4. The molecule has 1 saturated heterocycles. The summed E-state index contributed by atoms with van der Waals surface area (Å²) >= 11 is 7.66. The highest BCUT2D eigenvalue weighted by Crippen LogP contribution is 2.58. The molecule has 1 aromatic heterocycles. The maximum Gasteiger partial charge on any atom is 0.223 e. The zero-order valence-electron chi connectivity index (χ0n) is 12.9. The van der Waals surface area contributed by atoms with E-state index in [9.17, 15) is 4.79 Å². The molecule has 2 aliphatic rings. The summed E-state index contributed by atoms with van der Waals surface area (Å²) in [6.07, 6.45) is 4.14. The van der Waals surface area contributed by atoms with Gasteiger partial charge in [-0.3, -0.25) is 4.79 Å². The molecule has 4 rings (SSSR count). The molecule has 0 radical (unpaired) electrons. The summed E-state index contributed by atoms with van der Waals surface area (Å²) in [6, 6.07) is 5.78. The molecule has 2 heterocycles. The van der Waals surface area contributed by atoms with E-state index >= 15 is 0 Å². The Morgan fingerprint density at radius 1 is 1.43 bits per heavy atom. The second-order valence-electron chi connectivity index (χ2n) is 6.63. The number of benzene rings is 1. The van der Waals surface area contributed by atoms with E-state index in [0.717, 1.165) is 54.0 Å². The van der Waals surface area contributed by atoms with Gasteiger partial charge in [-0.15, -0.1) is 11.3 Å². The lowest BCUT2D eigenvalue weighted by Gasteiger charge is -2.23. The Bertz CT molecular complexity index is 739. The molecule has 6 heteroatoms. The number of thiazole rings is 1. The summed E-state index contributed by atoms with van der Waals surface area (Å²) in [5.41, 5.74) is 1.25. The van der Waals surface area contributed by atoms with Crippen LogP contribution < -0.4 is 10.6 Å². The zero-order chi connectivity index (χ0) is 15.9. The van der Waals surface area contributed by atoms with Crippen molar-refractivity contribution in [3.63, 3.8) is 0 Å². The Kier molecular flexibility index (Phi) is 4.03. The largest absolute Gasteiger partial charge is 0.355 e. The lowest BCUT2D eigenvalue weighted by Crippen LogP contribution is -2.34. The van der Waals surface area contributed by atoms with Crippen LogP contribution in [0, 0.1) is 11.3 Å². The van der Waals surface area contributed by atoms with Gasteiger partial charge in [-0.2, -0.15) is 0 Å². The molecule has 1 amide bonds. The first-order chi connectivity index (χ1) is 11.2. The van der Waals surface area contributed by atoms with Crippen molar-refractivity contribution >= 4 is 39.1 Å². The van der Waals surface area contributed by atoms with Gasteiger partial charge in [0.25, 0.3) is 0 Å². The van der Waals surface area contributed by atoms with Crippen molar-refractivity contribution in [3.05, 3.63) is 28.2 Å². The van der Waals surface area contributed by atoms with E-state index in [1.165, 1.54) is 0 Å². The second-order valence-corrected chi connectivity index (χ2v) is 8.18. The Hall–Kier alpha value is -1.17. The fourth-order valence-corrected chi connectivity index (χ4v) is 4.78. The van der Waals surface area contributed by atoms with Gasteiger partial charge in [-0.1, -0.05) is 11.6 Å². The van der Waals surface area contributed by atoms with Crippen LogP contribution >= 0.6 is 22.9 Å². The maximum absolute atomic E-state index is 12.3. The number of nitrogens with one attached hydrogen (secondary N) is 2. The van der Waals surface area contributed by atoms with Gasteiger partial charge in [0.05, 0.1) is 15.2 Å². The smallest absolute Gasteiger partial charge is 0.223 e. The first-order valence-electron chi connectivity index (χ1n) is 8.20. The number of fused-ring (bicyclic) bond motifs is 1. The average molecular weight is 350 g/mol. The molecule has 1 saturated carbocycles. The maximum atomic E-state index is 12.3. The van der Waals surface area contributed by atoms with Gasteiger partial charge >= 0.3 is 0 Å². The molecule has 122 valence electrons. The number of nitrogens with zero attached hydrogens (tertiary/aromatic N) is 1. The van der Waals surface area contributed by atoms with Crippen LogP contribution in [0.25, 0.3) is 10.2 Å². The number of halogens is 1. The Labute approximate surface area is 144 Å². The van der Waals surface area contributed by atoms with Gasteiger partial charge < -0.3 is 10.6 Å². The highest BCUT2D eigenvalue weighted by Gasteiger charge is 2.57. The number of hydrogen-bond donors (Lipinski definition) is 2.